The zero-order chi connectivity index (χ0) is 24.8. The van der Waals surface area contributed by atoms with E-state index in [2.05, 4.69) is 0 Å². The van der Waals surface area contributed by atoms with E-state index in [-0.39, 0.29) is 12.6 Å². The van der Waals surface area contributed by atoms with Crippen LogP contribution >= 0.6 is 0 Å². The van der Waals surface area contributed by atoms with Crippen molar-refractivity contribution >= 4 is 27.6 Å². The lowest BCUT2D eigenvalue weighted by Gasteiger charge is -2.45. The number of benzene rings is 1. The highest BCUT2D eigenvalue weighted by Gasteiger charge is 2.74. The number of amides is 2. The summed E-state index contributed by atoms with van der Waals surface area (Å²) >= 11 is 0. The molecule has 2 aliphatic heterocycles. The quantitative estimate of drug-likeness (QED) is 0.468. The molecule has 1 aromatic rings. The molecular formula is C24H32N2O7S. The minimum absolute atomic E-state index is 0.0421. The highest BCUT2D eigenvalue weighted by atomic mass is 32.2. The molecule has 2 heterocycles. The van der Waals surface area contributed by atoms with Gasteiger partial charge in [-0.25, -0.2) is 13.2 Å². The smallest absolute Gasteiger partial charge is 0.330 e. The Hall–Kier alpha value is -2.46. The van der Waals surface area contributed by atoms with E-state index in [1.165, 1.54) is 18.7 Å². The molecule has 3 aliphatic rings. The Kier molecular flexibility index (Phi) is 6.50. The van der Waals surface area contributed by atoms with Crippen molar-refractivity contribution in [3.05, 3.63) is 35.9 Å². The average molecular weight is 493 g/mol. The third kappa shape index (κ3) is 3.80. The number of aliphatic hydroxyl groups is 1. The number of β-lactam (4-membered cyclic amide) rings is 1. The van der Waals surface area contributed by atoms with E-state index in [4.69, 9.17) is 4.74 Å². The summed E-state index contributed by atoms with van der Waals surface area (Å²) in [6.07, 6.45) is 2.88. The van der Waals surface area contributed by atoms with Crippen molar-refractivity contribution in [2.24, 2.45) is 5.92 Å². The molecule has 1 aliphatic carbocycles. The lowest BCUT2D eigenvalue weighted by Crippen LogP contribution is -2.68. The Morgan fingerprint density at radius 1 is 1.18 bits per heavy atom. The second-order valence-corrected chi connectivity index (χ2v) is 12.6. The van der Waals surface area contributed by atoms with Crippen molar-refractivity contribution in [3.8, 4) is 0 Å². The largest absolute Gasteiger partial charge is 0.459 e. The predicted octanol–water partition coefficient (Wildman–Crippen LogP) is 1.24. The normalized spacial score (nSPS) is 28.5. The Morgan fingerprint density at radius 3 is 2.41 bits per heavy atom. The zero-order valence-electron chi connectivity index (χ0n) is 19.7. The van der Waals surface area contributed by atoms with Crippen LogP contribution in [0.5, 0.6) is 0 Å². The molecule has 0 bridgehead atoms. The topological polar surface area (TPSA) is 121 Å². The Labute approximate surface area is 200 Å². The number of hydrogen-bond acceptors (Lipinski definition) is 7. The number of likely N-dealkylation sites (N-methyl/N-ethyl adjacent to an activating group) is 1. The van der Waals surface area contributed by atoms with E-state index in [0.717, 1.165) is 42.6 Å². The molecule has 3 fully saturated rings. The van der Waals surface area contributed by atoms with E-state index in [1.807, 2.05) is 6.07 Å². The summed E-state index contributed by atoms with van der Waals surface area (Å²) in [4.78, 5) is 41.4. The number of esters is 1. The van der Waals surface area contributed by atoms with Crippen LogP contribution in [0.1, 0.15) is 51.5 Å². The number of fused-ring (bicyclic) bond motifs is 1. The monoisotopic (exact) mass is 492 g/mol. The van der Waals surface area contributed by atoms with Crippen LogP contribution in [-0.2, 0) is 35.6 Å². The van der Waals surface area contributed by atoms with E-state index in [9.17, 15) is 27.9 Å². The first-order chi connectivity index (χ1) is 16.0. The van der Waals surface area contributed by atoms with Gasteiger partial charge in [-0.15, -0.1) is 0 Å². The number of carbonyl (C=O) groups is 3. The first kappa shape index (κ1) is 24.7. The molecule has 10 heteroatoms. The summed E-state index contributed by atoms with van der Waals surface area (Å²) in [5.74, 6) is -3.65. The molecule has 2 amide bonds. The number of aliphatic hydroxyl groups excluding tert-OH is 1. The van der Waals surface area contributed by atoms with Crippen LogP contribution in [0.25, 0.3) is 0 Å². The van der Waals surface area contributed by atoms with Gasteiger partial charge in [-0.1, -0.05) is 49.6 Å². The summed E-state index contributed by atoms with van der Waals surface area (Å²) in [5.41, 5.74) is 0.727. The second-order valence-electron chi connectivity index (χ2n) is 9.99. The average Bonchev–Trinajstić information content (AvgIpc) is 2.97. The lowest BCUT2D eigenvalue weighted by atomic mass is 9.86. The summed E-state index contributed by atoms with van der Waals surface area (Å²) in [6, 6.07) is 7.53. The standard InChI is InChI=1S/C24H32N2O7S/c1-24(2)19(23(30)33-14-15-10-6-4-7-11-15)26-20(28)17(22(26)34(24,31)32)18(27)21(29)25(3)16-12-8-5-9-13-16/h4,6-7,10-11,16-19,22,27H,5,8-9,12-14H2,1-3H3/t17-,18+,19+,22-/m1/s1. The highest BCUT2D eigenvalue weighted by molar-refractivity contribution is 7.93. The lowest BCUT2D eigenvalue weighted by molar-refractivity contribution is -0.176. The zero-order valence-corrected chi connectivity index (χ0v) is 20.5. The number of nitrogens with zero attached hydrogens (tertiary/aromatic N) is 2. The van der Waals surface area contributed by atoms with Gasteiger partial charge < -0.3 is 19.6 Å². The molecular weight excluding hydrogens is 460 g/mol. The third-order valence-corrected chi connectivity index (χ3v) is 10.5. The minimum atomic E-state index is -4.08. The molecule has 34 heavy (non-hydrogen) atoms. The fourth-order valence-corrected chi connectivity index (χ4v) is 7.75. The fraction of sp³-hybridized carbons (Fsp3) is 0.625. The van der Waals surface area contributed by atoms with E-state index in [1.54, 1.807) is 31.3 Å². The van der Waals surface area contributed by atoms with E-state index in [0.29, 0.717) is 0 Å². The van der Waals surface area contributed by atoms with Gasteiger partial charge in [0.15, 0.2) is 9.84 Å². The molecule has 2 saturated heterocycles. The maximum Gasteiger partial charge on any atom is 0.330 e. The molecule has 1 aromatic carbocycles. The summed E-state index contributed by atoms with van der Waals surface area (Å²) < 4.78 is 30.5. The Balaban J connectivity index is 1.52. The predicted molar refractivity (Wildman–Crippen MR) is 123 cm³/mol. The van der Waals surface area contributed by atoms with Gasteiger partial charge in [0.25, 0.3) is 5.91 Å². The minimum Gasteiger partial charge on any atom is -0.459 e. The van der Waals surface area contributed by atoms with Gasteiger partial charge in [-0.3, -0.25) is 9.59 Å². The Bertz CT molecular complexity index is 1070. The van der Waals surface area contributed by atoms with Crippen LogP contribution in [0.15, 0.2) is 30.3 Å². The molecule has 9 nitrogen and oxygen atoms in total. The van der Waals surface area contributed by atoms with Crippen molar-refractivity contribution in [3.63, 3.8) is 0 Å². The summed E-state index contributed by atoms with van der Waals surface area (Å²) in [5, 5.41) is 9.37. The van der Waals surface area contributed by atoms with E-state index < -0.39 is 55.8 Å². The number of rotatable bonds is 6. The molecule has 1 saturated carbocycles. The molecule has 0 unspecified atom stereocenters. The summed E-state index contributed by atoms with van der Waals surface area (Å²) in [7, 11) is -2.50. The van der Waals surface area contributed by atoms with Crippen LogP contribution in [0.4, 0.5) is 0 Å². The van der Waals surface area contributed by atoms with Crippen molar-refractivity contribution in [1.29, 1.82) is 0 Å². The summed E-state index contributed by atoms with van der Waals surface area (Å²) in [6.45, 7) is 2.69. The first-order valence-corrected chi connectivity index (χ1v) is 13.3. The Morgan fingerprint density at radius 2 is 1.79 bits per heavy atom. The van der Waals surface area contributed by atoms with Crippen LogP contribution in [0, 0.1) is 5.92 Å². The third-order valence-electron chi connectivity index (χ3n) is 7.62. The SMILES string of the molecule is CN(C(=O)[C@@H](O)[C@@H]1C(=O)N2[C@@H](C(=O)OCc3ccccc3)C(C)(C)S(=O)(=O)[C@H]12)C1CCCCC1. The molecule has 4 rings (SSSR count). The van der Waals surface area contributed by atoms with E-state index >= 15 is 0 Å². The van der Waals surface area contributed by atoms with Gasteiger partial charge in [0.1, 0.15) is 30.0 Å². The van der Waals surface area contributed by atoms with Gasteiger partial charge in [-0.05, 0) is 32.3 Å². The molecule has 1 N–H and O–H groups in total. The first-order valence-electron chi connectivity index (χ1n) is 11.7. The van der Waals surface area contributed by atoms with Gasteiger partial charge in [-0.2, -0.15) is 0 Å². The highest BCUT2D eigenvalue weighted by Crippen LogP contribution is 2.50. The number of carbonyl (C=O) groups excluding carboxylic acids is 3. The van der Waals surface area contributed by atoms with Crippen molar-refractivity contribution in [1.82, 2.24) is 9.80 Å². The maximum absolute atomic E-state index is 13.4. The van der Waals surface area contributed by atoms with Crippen LogP contribution in [0.2, 0.25) is 0 Å². The van der Waals surface area contributed by atoms with Gasteiger partial charge in [0.2, 0.25) is 5.91 Å². The van der Waals surface area contributed by atoms with Crippen molar-refractivity contribution in [2.75, 3.05) is 7.05 Å². The van der Waals surface area contributed by atoms with Crippen LogP contribution < -0.4 is 0 Å². The van der Waals surface area contributed by atoms with Gasteiger partial charge in [0.05, 0.1) is 4.75 Å². The number of ether oxygens (including phenoxy) is 1. The van der Waals surface area contributed by atoms with Gasteiger partial charge >= 0.3 is 5.97 Å². The maximum atomic E-state index is 13.4. The van der Waals surface area contributed by atoms with Crippen LogP contribution in [-0.4, -0.2) is 76.5 Å². The van der Waals surface area contributed by atoms with Crippen molar-refractivity contribution < 1.29 is 32.6 Å². The molecule has 186 valence electrons. The number of hydrogen-bond donors (Lipinski definition) is 1. The molecule has 0 radical (unpaired) electrons. The molecule has 0 spiro atoms. The van der Waals surface area contributed by atoms with Gasteiger partial charge in [0, 0.05) is 13.1 Å². The van der Waals surface area contributed by atoms with Crippen molar-refractivity contribution in [2.45, 2.75) is 80.9 Å². The molecule has 0 aromatic heterocycles. The second kappa shape index (κ2) is 8.96. The fourth-order valence-electron chi connectivity index (χ4n) is 5.44. The molecule has 4 atom stereocenters. The number of sulfone groups is 1. The van der Waals surface area contributed by atoms with Crippen LogP contribution in [0.3, 0.4) is 0 Å².